The number of aryl methyl sites for hydroxylation is 1. The van der Waals surface area contributed by atoms with Crippen molar-refractivity contribution in [2.75, 3.05) is 64.7 Å². The summed E-state index contributed by atoms with van der Waals surface area (Å²) in [5, 5.41) is 4.99. The van der Waals surface area contributed by atoms with Crippen molar-refractivity contribution in [1.82, 2.24) is 35.2 Å². The quantitative estimate of drug-likeness (QED) is 0.166. The number of aromatic nitrogens is 6. The van der Waals surface area contributed by atoms with E-state index in [1.165, 1.54) is 11.8 Å². The van der Waals surface area contributed by atoms with E-state index in [4.69, 9.17) is 35.8 Å². The maximum atomic E-state index is 12.2. The van der Waals surface area contributed by atoms with Crippen molar-refractivity contribution in [3.8, 4) is 0 Å². The third-order valence-corrected chi connectivity index (χ3v) is 7.61. The number of anilines is 1. The van der Waals surface area contributed by atoms with Gasteiger partial charge in [-0.1, -0.05) is 18.5 Å². The van der Waals surface area contributed by atoms with Gasteiger partial charge < -0.3 is 29.4 Å². The first-order valence-electron chi connectivity index (χ1n) is 13.0. The fourth-order valence-electron chi connectivity index (χ4n) is 4.30. The van der Waals surface area contributed by atoms with E-state index in [0.29, 0.717) is 60.0 Å². The van der Waals surface area contributed by atoms with Gasteiger partial charge in [-0.25, -0.2) is 19.9 Å². The molecule has 1 saturated heterocycles. The van der Waals surface area contributed by atoms with E-state index in [-0.39, 0.29) is 18.4 Å². The molecule has 0 radical (unpaired) electrons. The second kappa shape index (κ2) is 13.5. The Morgan fingerprint density at radius 3 is 2.77 bits per heavy atom. The fraction of sp³-hybridized carbons (Fsp3) is 0.462. The van der Waals surface area contributed by atoms with E-state index in [2.05, 4.69) is 30.2 Å². The van der Waals surface area contributed by atoms with E-state index in [9.17, 15) is 4.79 Å². The minimum atomic E-state index is -0.145. The van der Waals surface area contributed by atoms with Crippen LogP contribution >= 0.6 is 23.4 Å². The van der Waals surface area contributed by atoms with Crippen LogP contribution in [0.25, 0.3) is 22.2 Å². The first-order valence-corrected chi connectivity index (χ1v) is 14.2. The number of nitrogens with one attached hydrogen (secondary N) is 2. The number of ether oxygens (including phenoxy) is 3. The molecule has 0 aliphatic carbocycles. The van der Waals surface area contributed by atoms with Crippen molar-refractivity contribution in [3.63, 3.8) is 0 Å². The summed E-state index contributed by atoms with van der Waals surface area (Å²) in [6.07, 6.45) is 5.76. The van der Waals surface area contributed by atoms with Gasteiger partial charge in [0.25, 0.3) is 0 Å². The number of fused-ring (bicyclic) bond motifs is 2. The number of rotatable bonds is 14. The number of hydrogen-bond donors (Lipinski definition) is 2. The van der Waals surface area contributed by atoms with E-state index in [1.807, 2.05) is 13.0 Å². The predicted molar refractivity (Wildman–Crippen MR) is 152 cm³/mol. The topological polar surface area (TPSA) is 140 Å². The Bertz CT molecular complexity index is 1470. The Hall–Kier alpha value is -3.10. The Balaban J connectivity index is 1.20. The molecule has 12 nitrogen and oxygen atoms in total. The SMILES string of the molecule is CCc1[nH]c2nc(Sc3cnc4nccnc4c3)nc(N3CC(CNC(=O)COCCOCCOC)C3)c2c1Cl. The molecule has 1 aliphatic rings. The molecule has 1 aliphatic heterocycles. The highest BCUT2D eigenvalue weighted by Crippen LogP contribution is 2.38. The zero-order valence-corrected chi connectivity index (χ0v) is 23.9. The minimum Gasteiger partial charge on any atom is -0.382 e. The lowest BCUT2D eigenvalue weighted by atomic mass is 10.00. The number of amides is 1. The molecule has 0 atom stereocenters. The van der Waals surface area contributed by atoms with Crippen molar-refractivity contribution in [3.05, 3.63) is 35.4 Å². The second-order valence-corrected chi connectivity index (χ2v) is 10.6. The number of H-pyrrole nitrogens is 1. The van der Waals surface area contributed by atoms with Crippen molar-refractivity contribution in [1.29, 1.82) is 0 Å². The third-order valence-electron chi connectivity index (χ3n) is 6.37. The summed E-state index contributed by atoms with van der Waals surface area (Å²) in [5.74, 6) is 0.920. The zero-order chi connectivity index (χ0) is 27.9. The van der Waals surface area contributed by atoms with Crippen molar-refractivity contribution < 1.29 is 19.0 Å². The normalized spacial score (nSPS) is 13.7. The van der Waals surface area contributed by atoms with Gasteiger partial charge in [-0.2, -0.15) is 0 Å². The molecule has 14 heteroatoms. The highest BCUT2D eigenvalue weighted by molar-refractivity contribution is 7.99. The molecule has 5 rings (SSSR count). The molecule has 5 heterocycles. The average Bonchev–Trinajstić information content (AvgIpc) is 3.26. The van der Waals surface area contributed by atoms with Crippen LogP contribution in [0.1, 0.15) is 12.6 Å². The maximum absolute atomic E-state index is 12.2. The summed E-state index contributed by atoms with van der Waals surface area (Å²) in [6, 6.07) is 1.92. The average molecular weight is 587 g/mol. The standard InChI is InChI=1S/C26H31ClN8O4S/c1-3-18-22(27)21-24(32-18)33-26(40-17-10-19-23(31-12-17)29-5-4-28-19)34-25(21)35-13-16(14-35)11-30-20(36)15-39-9-8-38-7-6-37-2/h4-5,10,12,16H,3,6-9,11,13-15H2,1-2H3,(H,30,36)(H,32,33,34). The Kier molecular flexibility index (Phi) is 9.60. The molecule has 0 unspecified atom stereocenters. The summed E-state index contributed by atoms with van der Waals surface area (Å²) >= 11 is 8.15. The fourth-order valence-corrected chi connectivity index (χ4v) is 5.41. The Morgan fingerprint density at radius 1 is 1.15 bits per heavy atom. The summed E-state index contributed by atoms with van der Waals surface area (Å²) in [5.41, 5.74) is 2.91. The van der Waals surface area contributed by atoms with Gasteiger partial charge in [0.05, 0.1) is 36.8 Å². The van der Waals surface area contributed by atoms with Crippen LogP contribution in [0.5, 0.6) is 0 Å². The number of methoxy groups -OCH3 is 1. The largest absolute Gasteiger partial charge is 0.382 e. The van der Waals surface area contributed by atoms with Crippen LogP contribution < -0.4 is 10.2 Å². The number of pyridine rings is 1. The molecular formula is C26H31ClN8O4S. The lowest BCUT2D eigenvalue weighted by Gasteiger charge is -2.40. The molecule has 0 spiro atoms. The van der Waals surface area contributed by atoms with Crippen molar-refractivity contribution >= 4 is 57.3 Å². The molecule has 40 heavy (non-hydrogen) atoms. The van der Waals surface area contributed by atoms with Crippen LogP contribution in [-0.2, 0) is 25.4 Å². The summed E-state index contributed by atoms with van der Waals surface area (Å²) in [7, 11) is 1.62. The van der Waals surface area contributed by atoms with Gasteiger partial charge in [0, 0.05) is 61.8 Å². The van der Waals surface area contributed by atoms with E-state index in [0.717, 1.165) is 41.3 Å². The van der Waals surface area contributed by atoms with E-state index >= 15 is 0 Å². The van der Waals surface area contributed by atoms with Crippen LogP contribution in [0.2, 0.25) is 5.02 Å². The van der Waals surface area contributed by atoms with Crippen molar-refractivity contribution in [2.45, 2.75) is 23.4 Å². The van der Waals surface area contributed by atoms with Gasteiger partial charge >= 0.3 is 0 Å². The summed E-state index contributed by atoms with van der Waals surface area (Å²) in [4.78, 5) is 41.2. The number of nitrogens with zero attached hydrogens (tertiary/aromatic N) is 6. The van der Waals surface area contributed by atoms with Crippen LogP contribution in [0.15, 0.2) is 34.7 Å². The molecule has 212 valence electrons. The number of hydrogen-bond acceptors (Lipinski definition) is 11. The number of aromatic amines is 1. The molecule has 1 fully saturated rings. The first-order chi connectivity index (χ1) is 19.6. The molecule has 4 aromatic heterocycles. The monoisotopic (exact) mass is 586 g/mol. The highest BCUT2D eigenvalue weighted by Gasteiger charge is 2.31. The Labute approximate surface area is 240 Å². The van der Waals surface area contributed by atoms with Crippen LogP contribution in [0.3, 0.4) is 0 Å². The Morgan fingerprint density at radius 2 is 1.95 bits per heavy atom. The highest BCUT2D eigenvalue weighted by atomic mass is 35.5. The lowest BCUT2D eigenvalue weighted by molar-refractivity contribution is -0.126. The molecule has 1 amide bonds. The van der Waals surface area contributed by atoms with Gasteiger partial charge in [0.1, 0.15) is 23.6 Å². The summed E-state index contributed by atoms with van der Waals surface area (Å²) < 4.78 is 15.6. The number of carbonyl (C=O) groups excluding carboxylic acids is 1. The third kappa shape index (κ3) is 6.78. The van der Waals surface area contributed by atoms with E-state index in [1.54, 1.807) is 25.7 Å². The predicted octanol–water partition coefficient (Wildman–Crippen LogP) is 2.90. The van der Waals surface area contributed by atoms with Crippen LogP contribution in [0.4, 0.5) is 5.82 Å². The van der Waals surface area contributed by atoms with Gasteiger partial charge in [0.15, 0.2) is 10.8 Å². The van der Waals surface area contributed by atoms with Crippen LogP contribution in [-0.4, -0.2) is 95.6 Å². The molecule has 2 N–H and O–H groups in total. The first kappa shape index (κ1) is 28.4. The molecule has 4 aromatic rings. The smallest absolute Gasteiger partial charge is 0.246 e. The molecule has 0 saturated carbocycles. The zero-order valence-electron chi connectivity index (χ0n) is 22.4. The van der Waals surface area contributed by atoms with Gasteiger partial charge in [0.2, 0.25) is 5.91 Å². The van der Waals surface area contributed by atoms with Crippen molar-refractivity contribution in [2.24, 2.45) is 5.92 Å². The molecular weight excluding hydrogens is 556 g/mol. The number of halogens is 1. The van der Waals surface area contributed by atoms with Gasteiger partial charge in [-0.3, -0.25) is 9.78 Å². The van der Waals surface area contributed by atoms with Gasteiger partial charge in [-0.05, 0) is 24.2 Å². The van der Waals surface area contributed by atoms with Gasteiger partial charge in [-0.15, -0.1) is 0 Å². The van der Waals surface area contributed by atoms with Crippen LogP contribution in [0, 0.1) is 5.92 Å². The molecule has 0 aromatic carbocycles. The second-order valence-electron chi connectivity index (χ2n) is 9.23. The lowest BCUT2D eigenvalue weighted by Crippen LogP contribution is -2.52. The van der Waals surface area contributed by atoms with E-state index < -0.39 is 0 Å². The number of carbonyl (C=O) groups is 1. The minimum absolute atomic E-state index is 0.00511. The maximum Gasteiger partial charge on any atom is 0.246 e. The summed E-state index contributed by atoms with van der Waals surface area (Å²) in [6.45, 7) is 5.91. The molecule has 0 bridgehead atoms.